The third-order valence-corrected chi connectivity index (χ3v) is 0.178. The summed E-state index contributed by atoms with van der Waals surface area (Å²) in [6.07, 6.45) is -2.34. The average molecular weight is 141 g/mol. The van der Waals surface area contributed by atoms with E-state index in [1.807, 2.05) is 0 Å². The smallest absolute Gasteiger partial charge is 0.300 e. The third kappa shape index (κ3) is 123. The van der Waals surface area contributed by atoms with Crippen LogP contribution in [0.15, 0.2) is 0 Å². The van der Waals surface area contributed by atoms with Crippen LogP contribution in [-0.4, -0.2) is 24.0 Å². The van der Waals surface area contributed by atoms with Gasteiger partial charge in [-0.1, -0.05) is 0 Å². The van der Waals surface area contributed by atoms with Crippen LogP contribution in [0.4, 0.5) is 8.78 Å². The maximum Gasteiger partial charge on any atom is 0.300 e. The SMILES string of the molecule is CC(=O)O.NCC(F)F. The molecule has 0 amide bonds. The lowest BCUT2D eigenvalue weighted by Gasteiger charge is -1.82. The predicted octanol–water partition coefficient (Wildman–Crippen LogP) is 0.301. The quantitative estimate of drug-likeness (QED) is 0.552. The van der Waals surface area contributed by atoms with Crippen LogP contribution in [0, 0.1) is 0 Å². The van der Waals surface area contributed by atoms with Crippen LogP contribution in [0.2, 0.25) is 0 Å². The Morgan fingerprint density at radius 2 is 1.89 bits per heavy atom. The summed E-state index contributed by atoms with van der Waals surface area (Å²) in [4.78, 5) is 9.00. The Hall–Kier alpha value is -0.710. The van der Waals surface area contributed by atoms with Gasteiger partial charge in [0.25, 0.3) is 12.4 Å². The molecule has 0 aliphatic carbocycles. The second-order valence-electron chi connectivity index (χ2n) is 1.15. The molecule has 5 heteroatoms. The Morgan fingerprint density at radius 3 is 1.89 bits per heavy atom. The van der Waals surface area contributed by atoms with Gasteiger partial charge in [-0.25, -0.2) is 8.78 Å². The number of carboxylic acids is 1. The Kier molecular flexibility index (Phi) is 9.02. The number of aliphatic carboxylic acids is 1. The summed E-state index contributed by atoms with van der Waals surface area (Å²) in [7, 11) is 0. The van der Waals surface area contributed by atoms with Crippen molar-refractivity contribution < 1.29 is 18.7 Å². The molecule has 0 saturated heterocycles. The van der Waals surface area contributed by atoms with E-state index in [4.69, 9.17) is 9.90 Å². The van der Waals surface area contributed by atoms with Crippen molar-refractivity contribution in [3.05, 3.63) is 0 Å². The van der Waals surface area contributed by atoms with E-state index in [-0.39, 0.29) is 0 Å². The molecule has 0 aromatic rings. The topological polar surface area (TPSA) is 63.3 Å². The number of carboxylic acid groups (broad SMARTS) is 1. The van der Waals surface area contributed by atoms with Gasteiger partial charge < -0.3 is 10.8 Å². The molecule has 0 aliphatic rings. The molecule has 3 nitrogen and oxygen atoms in total. The summed E-state index contributed by atoms with van der Waals surface area (Å²) < 4.78 is 21.3. The number of halogens is 2. The van der Waals surface area contributed by atoms with Gasteiger partial charge in [0, 0.05) is 6.92 Å². The van der Waals surface area contributed by atoms with Crippen molar-refractivity contribution in [1.82, 2.24) is 0 Å². The first-order valence-corrected chi connectivity index (χ1v) is 2.18. The molecule has 0 rings (SSSR count). The average Bonchev–Trinajstić information content (AvgIpc) is 1.65. The van der Waals surface area contributed by atoms with Crippen LogP contribution >= 0.6 is 0 Å². The zero-order valence-electron chi connectivity index (χ0n) is 4.97. The van der Waals surface area contributed by atoms with E-state index in [9.17, 15) is 8.78 Å². The molecule has 9 heavy (non-hydrogen) atoms. The summed E-state index contributed by atoms with van der Waals surface area (Å²) >= 11 is 0. The Bertz CT molecular complexity index is 73.0. The molecule has 0 aromatic heterocycles. The Labute approximate surface area is 51.5 Å². The van der Waals surface area contributed by atoms with E-state index in [0.29, 0.717) is 0 Å². The molecular weight excluding hydrogens is 132 g/mol. The first-order valence-electron chi connectivity index (χ1n) is 2.18. The molecule has 3 N–H and O–H groups in total. The van der Waals surface area contributed by atoms with Crippen molar-refractivity contribution in [2.75, 3.05) is 6.54 Å². The number of hydrogen-bond acceptors (Lipinski definition) is 2. The molecule has 0 radical (unpaired) electrons. The minimum atomic E-state index is -2.34. The van der Waals surface area contributed by atoms with E-state index in [1.165, 1.54) is 0 Å². The molecular formula is C4H9F2NO2. The van der Waals surface area contributed by atoms with E-state index < -0.39 is 18.9 Å². The van der Waals surface area contributed by atoms with Crippen LogP contribution in [0.1, 0.15) is 6.92 Å². The zero-order valence-corrected chi connectivity index (χ0v) is 4.97. The molecule has 0 aromatic carbocycles. The lowest BCUT2D eigenvalue weighted by atomic mass is 10.7. The fourth-order valence-corrected chi connectivity index (χ4v) is 0. The number of nitrogens with two attached hydrogens (primary N) is 1. The van der Waals surface area contributed by atoms with Crippen LogP contribution in [0.5, 0.6) is 0 Å². The largest absolute Gasteiger partial charge is 0.481 e. The van der Waals surface area contributed by atoms with Crippen molar-refractivity contribution >= 4 is 5.97 Å². The van der Waals surface area contributed by atoms with E-state index in [2.05, 4.69) is 5.73 Å². The monoisotopic (exact) mass is 141 g/mol. The highest BCUT2D eigenvalue weighted by atomic mass is 19.3. The van der Waals surface area contributed by atoms with Gasteiger partial charge in [-0.3, -0.25) is 4.79 Å². The van der Waals surface area contributed by atoms with Crippen molar-refractivity contribution in [3.63, 3.8) is 0 Å². The van der Waals surface area contributed by atoms with Crippen molar-refractivity contribution in [2.45, 2.75) is 13.3 Å². The molecule has 0 atom stereocenters. The first kappa shape index (κ1) is 11.1. The minimum absolute atomic E-state index is 0.528. The molecule has 0 aliphatic heterocycles. The molecule has 0 bridgehead atoms. The predicted molar refractivity (Wildman–Crippen MR) is 28.4 cm³/mol. The normalized spacial score (nSPS) is 8.11. The maximum atomic E-state index is 10.6. The van der Waals surface area contributed by atoms with Crippen molar-refractivity contribution in [1.29, 1.82) is 0 Å². The zero-order chi connectivity index (χ0) is 7.86. The number of carbonyl (C=O) groups is 1. The van der Waals surface area contributed by atoms with Crippen LogP contribution in [0.25, 0.3) is 0 Å². The summed E-state index contributed by atoms with van der Waals surface area (Å²) in [5, 5.41) is 7.42. The number of rotatable bonds is 1. The number of alkyl halides is 2. The van der Waals surface area contributed by atoms with Gasteiger partial charge in [-0.2, -0.15) is 0 Å². The molecule has 0 unspecified atom stereocenters. The molecule has 0 fully saturated rings. The standard InChI is InChI=1S/C2H5F2N.C2H4O2/c3-2(4)1-5;1-2(3)4/h2H,1,5H2;1H3,(H,3,4). The second kappa shape index (κ2) is 7.29. The first-order chi connectivity index (χ1) is 4.00. The minimum Gasteiger partial charge on any atom is -0.481 e. The summed E-state index contributed by atoms with van der Waals surface area (Å²) in [6, 6.07) is 0. The highest BCUT2D eigenvalue weighted by Crippen LogP contribution is 1.82. The van der Waals surface area contributed by atoms with E-state index in [0.717, 1.165) is 6.92 Å². The highest BCUT2D eigenvalue weighted by molar-refractivity contribution is 5.62. The molecule has 0 saturated carbocycles. The second-order valence-corrected chi connectivity index (χ2v) is 1.15. The fourth-order valence-electron chi connectivity index (χ4n) is 0. The lowest BCUT2D eigenvalue weighted by Crippen LogP contribution is -2.08. The molecule has 0 heterocycles. The van der Waals surface area contributed by atoms with Gasteiger partial charge in [-0.15, -0.1) is 0 Å². The van der Waals surface area contributed by atoms with E-state index in [1.54, 1.807) is 0 Å². The van der Waals surface area contributed by atoms with Gasteiger partial charge >= 0.3 is 0 Å². The maximum absolute atomic E-state index is 10.6. The Morgan fingerprint density at radius 1 is 1.78 bits per heavy atom. The van der Waals surface area contributed by atoms with Gasteiger partial charge in [-0.05, 0) is 0 Å². The molecule has 0 spiro atoms. The summed E-state index contributed by atoms with van der Waals surface area (Å²) in [6.45, 7) is 0.556. The van der Waals surface area contributed by atoms with Crippen LogP contribution in [0.3, 0.4) is 0 Å². The fraction of sp³-hybridized carbons (Fsp3) is 0.750. The van der Waals surface area contributed by atoms with Crippen molar-refractivity contribution in [2.24, 2.45) is 5.73 Å². The van der Waals surface area contributed by atoms with Crippen LogP contribution < -0.4 is 5.73 Å². The third-order valence-electron chi connectivity index (χ3n) is 0.178. The van der Waals surface area contributed by atoms with Gasteiger partial charge in [0.2, 0.25) is 0 Å². The van der Waals surface area contributed by atoms with Crippen molar-refractivity contribution in [3.8, 4) is 0 Å². The lowest BCUT2D eigenvalue weighted by molar-refractivity contribution is -0.134. The van der Waals surface area contributed by atoms with Gasteiger partial charge in [0.05, 0.1) is 6.54 Å². The van der Waals surface area contributed by atoms with Gasteiger partial charge in [0.15, 0.2) is 0 Å². The Balaban J connectivity index is 0. The van der Waals surface area contributed by atoms with Crippen LogP contribution in [-0.2, 0) is 4.79 Å². The summed E-state index contributed by atoms with van der Waals surface area (Å²) in [5.41, 5.74) is 4.42. The number of hydrogen-bond donors (Lipinski definition) is 2. The highest BCUT2D eigenvalue weighted by Gasteiger charge is 1.91. The van der Waals surface area contributed by atoms with Gasteiger partial charge in [0.1, 0.15) is 0 Å². The van der Waals surface area contributed by atoms with E-state index >= 15 is 0 Å². The molecule has 56 valence electrons. The summed E-state index contributed by atoms with van der Waals surface area (Å²) in [5.74, 6) is -0.833.